The number of benzene rings is 2. The van der Waals surface area contributed by atoms with Crippen LogP contribution in [0.4, 0.5) is 0 Å². The average Bonchev–Trinajstić information content (AvgIpc) is 2.71. The molecule has 7 nitrogen and oxygen atoms in total. The molecule has 0 spiro atoms. The third-order valence-corrected chi connectivity index (χ3v) is 4.74. The topological polar surface area (TPSA) is 99.1 Å². The van der Waals surface area contributed by atoms with Crippen molar-refractivity contribution in [2.45, 2.75) is 20.0 Å². The molecule has 1 atom stereocenters. The molecule has 0 fully saturated rings. The lowest BCUT2D eigenvalue weighted by molar-refractivity contribution is -0.142. The first-order valence-corrected chi connectivity index (χ1v) is 9.49. The first kappa shape index (κ1) is 20.2. The normalized spacial score (nSPS) is 16.5. The summed E-state index contributed by atoms with van der Waals surface area (Å²) in [6.07, 6.45) is 4.47. The number of carboxylic acid groups (broad SMARTS) is 1. The quantitative estimate of drug-likeness (QED) is 0.594. The van der Waals surface area contributed by atoms with Crippen molar-refractivity contribution in [3.8, 4) is 11.5 Å². The SMILES string of the molecule is CC(=O)Oc1ccc2c(c1)OC1=CC(OC(C)=O)C=CC1=C2c1ccccc1C(=O)O. The van der Waals surface area contributed by atoms with E-state index in [1.165, 1.54) is 19.9 Å². The molecule has 0 aromatic heterocycles. The summed E-state index contributed by atoms with van der Waals surface area (Å²) >= 11 is 0. The first-order chi connectivity index (χ1) is 14.8. The van der Waals surface area contributed by atoms with Gasteiger partial charge < -0.3 is 19.3 Å². The van der Waals surface area contributed by atoms with Gasteiger partial charge in [-0.25, -0.2) is 4.79 Å². The highest BCUT2D eigenvalue weighted by atomic mass is 16.5. The van der Waals surface area contributed by atoms with Gasteiger partial charge in [0.2, 0.25) is 0 Å². The lowest BCUT2D eigenvalue weighted by atomic mass is 9.85. The third kappa shape index (κ3) is 3.98. The second-order valence-electron chi connectivity index (χ2n) is 6.96. The Morgan fingerprint density at radius 2 is 1.77 bits per heavy atom. The zero-order chi connectivity index (χ0) is 22.1. The first-order valence-electron chi connectivity index (χ1n) is 9.49. The van der Waals surface area contributed by atoms with Crippen LogP contribution in [0.1, 0.15) is 35.3 Å². The molecule has 2 aromatic carbocycles. The molecule has 156 valence electrons. The molecule has 2 aliphatic rings. The predicted octanol–water partition coefficient (Wildman–Crippen LogP) is 3.89. The van der Waals surface area contributed by atoms with Crippen LogP contribution in [0, 0.1) is 0 Å². The van der Waals surface area contributed by atoms with Gasteiger partial charge in [-0.15, -0.1) is 0 Å². The van der Waals surface area contributed by atoms with E-state index in [1.807, 2.05) is 0 Å². The Balaban J connectivity index is 1.93. The van der Waals surface area contributed by atoms with Crippen LogP contribution >= 0.6 is 0 Å². The summed E-state index contributed by atoms with van der Waals surface area (Å²) in [5.41, 5.74) is 2.60. The van der Waals surface area contributed by atoms with Crippen LogP contribution in [0.15, 0.2) is 72.0 Å². The fourth-order valence-corrected chi connectivity index (χ4v) is 3.59. The fraction of sp³-hybridized carbons (Fsp3) is 0.125. The van der Waals surface area contributed by atoms with Crippen LogP contribution in [0.3, 0.4) is 0 Å². The smallest absolute Gasteiger partial charge is 0.336 e. The lowest BCUT2D eigenvalue weighted by Crippen LogP contribution is -2.20. The van der Waals surface area contributed by atoms with Crippen LogP contribution in [0.25, 0.3) is 5.57 Å². The maximum Gasteiger partial charge on any atom is 0.336 e. The van der Waals surface area contributed by atoms with E-state index in [9.17, 15) is 19.5 Å². The lowest BCUT2D eigenvalue weighted by Gasteiger charge is -2.28. The van der Waals surface area contributed by atoms with Gasteiger partial charge in [-0.1, -0.05) is 24.3 Å². The van der Waals surface area contributed by atoms with Crippen LogP contribution in [-0.2, 0) is 14.3 Å². The van der Waals surface area contributed by atoms with Crippen molar-refractivity contribution in [2.75, 3.05) is 0 Å². The Kier molecular flexibility index (Phi) is 5.17. The van der Waals surface area contributed by atoms with E-state index in [1.54, 1.807) is 54.6 Å². The number of rotatable bonds is 4. The molecule has 2 aromatic rings. The standard InChI is InChI=1S/C24H18O7/c1-13(25)29-15-7-9-19-21(11-15)31-22-12-16(30-14(2)26)8-10-20(22)23(19)17-5-3-4-6-18(17)24(27)28/h3-12,15H,1-2H3,(H,27,28). The number of carbonyl (C=O) groups excluding carboxylic acids is 2. The van der Waals surface area contributed by atoms with E-state index in [2.05, 4.69) is 0 Å². The van der Waals surface area contributed by atoms with Gasteiger partial charge in [-0.3, -0.25) is 9.59 Å². The minimum absolute atomic E-state index is 0.136. The molecule has 7 heteroatoms. The van der Waals surface area contributed by atoms with Crippen molar-refractivity contribution in [1.29, 1.82) is 0 Å². The second kappa shape index (κ2) is 7.95. The Hall–Kier alpha value is -4.13. The molecule has 1 aliphatic carbocycles. The van der Waals surface area contributed by atoms with E-state index in [0.29, 0.717) is 39.5 Å². The molecule has 0 saturated heterocycles. The maximum absolute atomic E-state index is 11.9. The minimum atomic E-state index is -1.06. The molecule has 0 amide bonds. The summed E-state index contributed by atoms with van der Waals surface area (Å²) in [5, 5.41) is 9.72. The van der Waals surface area contributed by atoms with Gasteiger partial charge >= 0.3 is 17.9 Å². The number of ether oxygens (including phenoxy) is 3. The summed E-state index contributed by atoms with van der Waals surface area (Å²) < 4.78 is 16.4. The minimum Gasteiger partial charge on any atom is -0.478 e. The van der Waals surface area contributed by atoms with E-state index in [0.717, 1.165) is 0 Å². The second-order valence-corrected chi connectivity index (χ2v) is 6.96. The van der Waals surface area contributed by atoms with Gasteiger partial charge in [0.05, 0.1) is 5.56 Å². The van der Waals surface area contributed by atoms with Crippen molar-refractivity contribution in [3.63, 3.8) is 0 Å². The van der Waals surface area contributed by atoms with Crippen molar-refractivity contribution >= 4 is 23.5 Å². The predicted molar refractivity (Wildman–Crippen MR) is 111 cm³/mol. The van der Waals surface area contributed by atoms with Gasteiger partial charge in [-0.2, -0.15) is 0 Å². The van der Waals surface area contributed by atoms with Crippen LogP contribution in [0.5, 0.6) is 11.5 Å². The Labute approximate surface area is 177 Å². The highest BCUT2D eigenvalue weighted by Crippen LogP contribution is 2.45. The molecule has 1 aliphatic heterocycles. The number of carboxylic acids is 1. The summed E-state index contributed by atoms with van der Waals surface area (Å²) in [6.45, 7) is 2.61. The van der Waals surface area contributed by atoms with Crippen LogP contribution in [-0.4, -0.2) is 29.1 Å². The number of hydrogen-bond acceptors (Lipinski definition) is 6. The van der Waals surface area contributed by atoms with E-state index in [-0.39, 0.29) is 5.56 Å². The van der Waals surface area contributed by atoms with Crippen LogP contribution < -0.4 is 9.47 Å². The van der Waals surface area contributed by atoms with Gasteiger partial charge in [-0.05, 0) is 29.8 Å². The number of aromatic carboxylic acids is 1. The summed E-state index contributed by atoms with van der Waals surface area (Å²) in [6, 6.07) is 11.6. The zero-order valence-corrected chi connectivity index (χ0v) is 16.7. The highest BCUT2D eigenvalue weighted by molar-refractivity contribution is 6.00. The van der Waals surface area contributed by atoms with Crippen molar-refractivity contribution in [2.24, 2.45) is 0 Å². The average molecular weight is 418 g/mol. The number of fused-ring (bicyclic) bond motifs is 2. The summed E-state index contributed by atoms with van der Waals surface area (Å²) in [4.78, 5) is 34.6. The molecule has 1 heterocycles. The Bertz CT molecular complexity index is 1200. The molecular weight excluding hydrogens is 400 g/mol. The summed E-state index contributed by atoms with van der Waals surface area (Å²) in [5.74, 6) is -0.875. The molecule has 1 unspecified atom stereocenters. The van der Waals surface area contributed by atoms with Crippen molar-refractivity contribution in [1.82, 2.24) is 0 Å². The highest BCUT2D eigenvalue weighted by Gasteiger charge is 2.30. The monoisotopic (exact) mass is 418 g/mol. The number of carbonyl (C=O) groups is 3. The van der Waals surface area contributed by atoms with Gasteiger partial charge in [0.1, 0.15) is 23.4 Å². The molecule has 31 heavy (non-hydrogen) atoms. The maximum atomic E-state index is 11.9. The van der Waals surface area contributed by atoms with Gasteiger partial charge in [0, 0.05) is 42.7 Å². The largest absolute Gasteiger partial charge is 0.478 e. The summed E-state index contributed by atoms with van der Waals surface area (Å²) in [7, 11) is 0. The van der Waals surface area contributed by atoms with E-state index in [4.69, 9.17) is 14.2 Å². The third-order valence-electron chi connectivity index (χ3n) is 4.74. The van der Waals surface area contributed by atoms with E-state index < -0.39 is 24.0 Å². The van der Waals surface area contributed by atoms with Gasteiger partial charge in [0.15, 0.2) is 0 Å². The van der Waals surface area contributed by atoms with Crippen molar-refractivity contribution in [3.05, 3.63) is 88.7 Å². The zero-order valence-electron chi connectivity index (χ0n) is 16.7. The van der Waals surface area contributed by atoms with Crippen LogP contribution in [0.2, 0.25) is 0 Å². The number of hydrogen-bond donors (Lipinski definition) is 1. The molecular formula is C24H18O7. The molecule has 1 N–H and O–H groups in total. The van der Waals surface area contributed by atoms with E-state index >= 15 is 0 Å². The van der Waals surface area contributed by atoms with Gasteiger partial charge in [0.25, 0.3) is 0 Å². The fourth-order valence-electron chi connectivity index (χ4n) is 3.59. The molecule has 4 rings (SSSR count). The Morgan fingerprint density at radius 3 is 2.48 bits per heavy atom. The molecule has 0 saturated carbocycles. The molecule has 0 bridgehead atoms. The Morgan fingerprint density at radius 1 is 1.00 bits per heavy atom. The van der Waals surface area contributed by atoms with Crippen molar-refractivity contribution < 1.29 is 33.7 Å². The molecule has 0 radical (unpaired) electrons. The number of esters is 2. The number of allylic oxidation sites excluding steroid dienone is 1.